The molecule has 0 unspecified atom stereocenters. The lowest BCUT2D eigenvalue weighted by molar-refractivity contribution is -0.384. The molecule has 7 heteroatoms. The number of nitrogen functional groups attached to an aromatic ring is 1. The number of rotatable bonds is 3. The number of hydrogen-bond acceptors (Lipinski definition) is 5. The molecular formula is C13H12N4O3. The number of nitrogens with one attached hydrogen (secondary N) is 1. The van der Waals surface area contributed by atoms with Crippen LogP contribution in [0.25, 0.3) is 0 Å². The smallest absolute Gasteiger partial charge is 0.304 e. The van der Waals surface area contributed by atoms with Gasteiger partial charge in [-0.25, -0.2) is 4.98 Å². The summed E-state index contributed by atoms with van der Waals surface area (Å²) in [6, 6.07) is 7.72. The van der Waals surface area contributed by atoms with Crippen LogP contribution in [0.1, 0.15) is 15.9 Å². The Morgan fingerprint density at radius 2 is 2.10 bits per heavy atom. The quantitative estimate of drug-likeness (QED) is 0.505. The Morgan fingerprint density at radius 1 is 1.35 bits per heavy atom. The number of aryl methyl sites for hydroxylation is 1. The summed E-state index contributed by atoms with van der Waals surface area (Å²) >= 11 is 0. The van der Waals surface area contributed by atoms with Crippen molar-refractivity contribution in [1.29, 1.82) is 0 Å². The van der Waals surface area contributed by atoms with E-state index < -0.39 is 16.5 Å². The Kier molecular flexibility index (Phi) is 3.60. The molecule has 102 valence electrons. The van der Waals surface area contributed by atoms with Gasteiger partial charge >= 0.3 is 5.69 Å². The van der Waals surface area contributed by atoms with Crippen LogP contribution >= 0.6 is 0 Å². The molecule has 7 nitrogen and oxygen atoms in total. The van der Waals surface area contributed by atoms with Gasteiger partial charge in [0.25, 0.3) is 5.91 Å². The minimum atomic E-state index is -0.671. The average molecular weight is 272 g/mol. The summed E-state index contributed by atoms with van der Waals surface area (Å²) in [6.07, 6.45) is 1.52. The van der Waals surface area contributed by atoms with Crippen molar-refractivity contribution < 1.29 is 9.72 Å². The van der Waals surface area contributed by atoms with E-state index in [0.717, 1.165) is 5.56 Å². The molecular weight excluding hydrogens is 260 g/mol. The summed E-state index contributed by atoms with van der Waals surface area (Å²) < 4.78 is 0. The molecule has 3 N–H and O–H groups in total. The van der Waals surface area contributed by atoms with Crippen molar-refractivity contribution in [3.05, 3.63) is 57.8 Å². The molecule has 1 aromatic carbocycles. The van der Waals surface area contributed by atoms with Gasteiger partial charge in [0.1, 0.15) is 17.1 Å². The molecule has 20 heavy (non-hydrogen) atoms. The molecule has 0 bridgehead atoms. The summed E-state index contributed by atoms with van der Waals surface area (Å²) in [5.74, 6) is -0.264. The lowest BCUT2D eigenvalue weighted by atomic mass is 10.1. The standard InChI is InChI=1S/C13H12N4O3/c1-8-4-3-7-15-12(8)16-13(18)9-5-2-6-10(14)11(9)17(19)20/h2-7H,14H2,1H3,(H,15,16,18). The molecule has 1 heterocycles. The fourth-order valence-corrected chi connectivity index (χ4v) is 1.74. The summed E-state index contributed by atoms with van der Waals surface area (Å²) in [6.45, 7) is 1.77. The molecule has 0 saturated carbocycles. The number of para-hydroxylation sites is 1. The van der Waals surface area contributed by atoms with E-state index in [4.69, 9.17) is 5.73 Å². The van der Waals surface area contributed by atoms with E-state index in [1.807, 2.05) is 0 Å². The van der Waals surface area contributed by atoms with Crippen LogP contribution in [0, 0.1) is 17.0 Å². The Bertz CT molecular complexity index is 685. The first-order valence-electron chi connectivity index (χ1n) is 5.76. The second-order valence-corrected chi connectivity index (χ2v) is 4.12. The highest BCUT2D eigenvalue weighted by atomic mass is 16.6. The van der Waals surface area contributed by atoms with Gasteiger partial charge in [-0.2, -0.15) is 0 Å². The van der Waals surface area contributed by atoms with E-state index in [9.17, 15) is 14.9 Å². The maximum Gasteiger partial charge on any atom is 0.304 e. The number of carbonyl (C=O) groups excluding carboxylic acids is 1. The first-order valence-corrected chi connectivity index (χ1v) is 5.76. The highest BCUT2D eigenvalue weighted by molar-refractivity contribution is 6.08. The van der Waals surface area contributed by atoms with Crippen LogP contribution in [0.5, 0.6) is 0 Å². The Balaban J connectivity index is 2.38. The van der Waals surface area contributed by atoms with Crippen molar-refractivity contribution in [2.75, 3.05) is 11.1 Å². The van der Waals surface area contributed by atoms with Crippen molar-refractivity contribution in [1.82, 2.24) is 4.98 Å². The van der Waals surface area contributed by atoms with Gasteiger partial charge in [-0.3, -0.25) is 14.9 Å². The van der Waals surface area contributed by atoms with Crippen molar-refractivity contribution in [3.63, 3.8) is 0 Å². The van der Waals surface area contributed by atoms with Crippen molar-refractivity contribution in [3.8, 4) is 0 Å². The second-order valence-electron chi connectivity index (χ2n) is 4.12. The zero-order valence-corrected chi connectivity index (χ0v) is 10.7. The molecule has 2 rings (SSSR count). The maximum atomic E-state index is 12.1. The zero-order valence-electron chi connectivity index (χ0n) is 10.7. The maximum absolute atomic E-state index is 12.1. The van der Waals surface area contributed by atoms with Crippen molar-refractivity contribution in [2.24, 2.45) is 0 Å². The molecule has 0 fully saturated rings. The predicted octanol–water partition coefficient (Wildman–Crippen LogP) is 2.13. The Hall–Kier alpha value is -2.96. The SMILES string of the molecule is Cc1cccnc1NC(=O)c1cccc(N)c1[N+](=O)[O-]. The minimum absolute atomic E-state index is 0.0552. The molecule has 0 aliphatic heterocycles. The third-order valence-corrected chi connectivity index (χ3v) is 2.74. The summed E-state index contributed by atoms with van der Waals surface area (Å²) in [5, 5.41) is 13.5. The molecule has 0 aliphatic carbocycles. The van der Waals surface area contributed by atoms with Crippen molar-refractivity contribution >= 4 is 23.1 Å². The third-order valence-electron chi connectivity index (χ3n) is 2.74. The topological polar surface area (TPSA) is 111 Å². The summed E-state index contributed by atoms with van der Waals surface area (Å²) in [5.41, 5.74) is 5.75. The van der Waals surface area contributed by atoms with Gasteiger partial charge in [0, 0.05) is 6.20 Å². The summed E-state index contributed by atoms with van der Waals surface area (Å²) in [7, 11) is 0. The number of nitro benzene ring substituents is 1. The molecule has 1 amide bonds. The number of hydrogen-bond donors (Lipinski definition) is 2. The number of benzene rings is 1. The van der Waals surface area contributed by atoms with Gasteiger partial charge in [-0.05, 0) is 30.7 Å². The Labute approximate surface area is 114 Å². The van der Waals surface area contributed by atoms with E-state index in [-0.39, 0.29) is 11.3 Å². The number of carbonyl (C=O) groups is 1. The number of nitrogens with zero attached hydrogens (tertiary/aromatic N) is 2. The largest absolute Gasteiger partial charge is 0.393 e. The summed E-state index contributed by atoms with van der Waals surface area (Å²) in [4.78, 5) is 26.5. The normalized spacial score (nSPS) is 10.1. The lowest BCUT2D eigenvalue weighted by Gasteiger charge is -2.08. The highest BCUT2D eigenvalue weighted by Gasteiger charge is 2.23. The van der Waals surface area contributed by atoms with Gasteiger partial charge in [0.05, 0.1) is 4.92 Å². The van der Waals surface area contributed by atoms with Crippen LogP contribution in [-0.4, -0.2) is 15.8 Å². The van der Waals surface area contributed by atoms with E-state index in [1.54, 1.807) is 19.1 Å². The van der Waals surface area contributed by atoms with Crippen LogP contribution in [-0.2, 0) is 0 Å². The fraction of sp³-hybridized carbons (Fsp3) is 0.0769. The molecule has 0 atom stereocenters. The van der Waals surface area contributed by atoms with Gasteiger partial charge in [-0.1, -0.05) is 12.1 Å². The zero-order chi connectivity index (χ0) is 14.7. The molecule has 1 aromatic heterocycles. The molecule has 0 spiro atoms. The molecule has 0 saturated heterocycles. The fourth-order valence-electron chi connectivity index (χ4n) is 1.74. The predicted molar refractivity (Wildman–Crippen MR) is 74.4 cm³/mol. The van der Waals surface area contributed by atoms with Crippen molar-refractivity contribution in [2.45, 2.75) is 6.92 Å². The molecule has 2 aromatic rings. The van der Waals surface area contributed by atoms with Gasteiger partial charge < -0.3 is 11.1 Å². The average Bonchev–Trinajstić information content (AvgIpc) is 2.40. The second kappa shape index (κ2) is 5.35. The highest BCUT2D eigenvalue weighted by Crippen LogP contribution is 2.26. The number of pyridine rings is 1. The minimum Gasteiger partial charge on any atom is -0.393 e. The van der Waals surface area contributed by atoms with E-state index >= 15 is 0 Å². The first kappa shape index (κ1) is 13.5. The first-order chi connectivity index (χ1) is 9.50. The number of nitro groups is 1. The van der Waals surface area contributed by atoms with E-state index in [1.165, 1.54) is 24.4 Å². The number of amides is 1. The lowest BCUT2D eigenvalue weighted by Crippen LogP contribution is -2.16. The molecule has 0 aliphatic rings. The van der Waals surface area contributed by atoms with Crippen LogP contribution in [0.3, 0.4) is 0 Å². The van der Waals surface area contributed by atoms with Crippen LogP contribution < -0.4 is 11.1 Å². The number of anilines is 2. The van der Waals surface area contributed by atoms with Gasteiger partial charge in [0.2, 0.25) is 0 Å². The third kappa shape index (κ3) is 2.56. The van der Waals surface area contributed by atoms with E-state index in [2.05, 4.69) is 10.3 Å². The molecule has 0 radical (unpaired) electrons. The van der Waals surface area contributed by atoms with Gasteiger partial charge in [0.15, 0.2) is 0 Å². The van der Waals surface area contributed by atoms with E-state index in [0.29, 0.717) is 5.82 Å². The van der Waals surface area contributed by atoms with Crippen LogP contribution in [0.4, 0.5) is 17.2 Å². The monoisotopic (exact) mass is 272 g/mol. The van der Waals surface area contributed by atoms with Crippen LogP contribution in [0.15, 0.2) is 36.5 Å². The van der Waals surface area contributed by atoms with Gasteiger partial charge in [-0.15, -0.1) is 0 Å². The number of nitrogens with two attached hydrogens (primary N) is 1. The Morgan fingerprint density at radius 3 is 2.75 bits per heavy atom. The van der Waals surface area contributed by atoms with Crippen LogP contribution in [0.2, 0.25) is 0 Å². The number of aromatic nitrogens is 1.